The van der Waals surface area contributed by atoms with Crippen molar-refractivity contribution in [1.29, 1.82) is 0 Å². The largest absolute Gasteiger partial charge is 0.454 e. The van der Waals surface area contributed by atoms with Gasteiger partial charge in [-0.1, -0.05) is 36.4 Å². The van der Waals surface area contributed by atoms with Crippen LogP contribution >= 0.6 is 0 Å². The van der Waals surface area contributed by atoms with E-state index in [1.54, 1.807) is 4.68 Å². The molecular weight excluding hydrogens is 418 g/mol. The standard InChI is InChI=1S/C25H21N5O3/c1-14-10-15(2)27-25(26-14)30-24-22(23(29-30)16-6-4-3-5-7-16)18(12-21(31)28-24)17-8-9-19-20(11-17)33-13-32-19/h3-11,18H,12-13H2,1-2H3,(H,28,31)/t18-/m0/s1. The number of amides is 1. The normalized spacial score (nSPS) is 16.4. The molecule has 8 heteroatoms. The van der Waals surface area contributed by atoms with Crippen LogP contribution in [-0.4, -0.2) is 32.4 Å². The molecule has 6 rings (SSSR count). The van der Waals surface area contributed by atoms with E-state index in [0.717, 1.165) is 33.8 Å². The predicted molar refractivity (Wildman–Crippen MR) is 122 cm³/mol. The van der Waals surface area contributed by atoms with Crippen LogP contribution in [0.5, 0.6) is 11.5 Å². The van der Waals surface area contributed by atoms with Crippen LogP contribution < -0.4 is 14.8 Å². The number of aromatic nitrogens is 4. The highest BCUT2D eigenvalue weighted by molar-refractivity contribution is 5.96. The van der Waals surface area contributed by atoms with Gasteiger partial charge in [0.25, 0.3) is 5.95 Å². The zero-order valence-corrected chi connectivity index (χ0v) is 18.2. The first-order valence-corrected chi connectivity index (χ1v) is 10.8. The molecule has 8 nitrogen and oxygen atoms in total. The number of anilines is 1. The summed E-state index contributed by atoms with van der Waals surface area (Å²) < 4.78 is 12.7. The van der Waals surface area contributed by atoms with Gasteiger partial charge in [-0.2, -0.15) is 9.78 Å². The number of nitrogens with zero attached hydrogens (tertiary/aromatic N) is 4. The molecule has 0 saturated carbocycles. The molecule has 2 aliphatic rings. The monoisotopic (exact) mass is 439 g/mol. The maximum absolute atomic E-state index is 12.9. The highest BCUT2D eigenvalue weighted by Crippen LogP contribution is 2.45. The van der Waals surface area contributed by atoms with Gasteiger partial charge in [0.15, 0.2) is 11.5 Å². The average molecular weight is 439 g/mol. The SMILES string of the molecule is Cc1cc(C)nc(-n2nc(-c3ccccc3)c3c2NC(=O)C[C@H]3c2ccc3c(c2)OCO3)n1. The first-order chi connectivity index (χ1) is 16.1. The lowest BCUT2D eigenvalue weighted by Gasteiger charge is -2.24. The maximum atomic E-state index is 12.9. The molecule has 0 saturated heterocycles. The Morgan fingerprint density at radius 1 is 0.970 bits per heavy atom. The van der Waals surface area contributed by atoms with E-state index in [1.165, 1.54) is 0 Å². The average Bonchev–Trinajstić information content (AvgIpc) is 3.42. The minimum Gasteiger partial charge on any atom is -0.454 e. The van der Waals surface area contributed by atoms with Gasteiger partial charge in [0.2, 0.25) is 12.7 Å². The van der Waals surface area contributed by atoms with Crippen molar-refractivity contribution < 1.29 is 14.3 Å². The Labute approximate surface area is 190 Å². The summed E-state index contributed by atoms with van der Waals surface area (Å²) >= 11 is 0. The third-order valence-electron chi connectivity index (χ3n) is 5.92. The van der Waals surface area contributed by atoms with Crippen LogP contribution in [0.3, 0.4) is 0 Å². The van der Waals surface area contributed by atoms with Gasteiger partial charge in [0.1, 0.15) is 5.82 Å². The first-order valence-electron chi connectivity index (χ1n) is 10.8. The maximum Gasteiger partial charge on any atom is 0.252 e. The highest BCUT2D eigenvalue weighted by Gasteiger charge is 2.35. The number of carbonyl (C=O) groups is 1. The number of nitrogens with one attached hydrogen (secondary N) is 1. The fourth-order valence-electron chi connectivity index (χ4n) is 4.52. The van der Waals surface area contributed by atoms with Crippen LogP contribution in [0.15, 0.2) is 54.6 Å². The van der Waals surface area contributed by atoms with Gasteiger partial charge in [-0.3, -0.25) is 4.79 Å². The van der Waals surface area contributed by atoms with Crippen molar-refractivity contribution >= 4 is 11.7 Å². The number of fused-ring (bicyclic) bond motifs is 2. The lowest BCUT2D eigenvalue weighted by atomic mass is 9.84. The third-order valence-corrected chi connectivity index (χ3v) is 5.92. The van der Waals surface area contributed by atoms with Crippen LogP contribution in [-0.2, 0) is 4.79 Å². The summed E-state index contributed by atoms with van der Waals surface area (Å²) in [7, 11) is 0. The van der Waals surface area contributed by atoms with Gasteiger partial charge in [0.05, 0.1) is 5.69 Å². The van der Waals surface area contributed by atoms with Crippen molar-refractivity contribution in [1.82, 2.24) is 19.7 Å². The molecule has 33 heavy (non-hydrogen) atoms. The van der Waals surface area contributed by atoms with Gasteiger partial charge in [-0.25, -0.2) is 9.97 Å². The van der Waals surface area contributed by atoms with Crippen LogP contribution in [0.1, 0.15) is 34.9 Å². The zero-order chi connectivity index (χ0) is 22.5. The second kappa shape index (κ2) is 7.44. The minimum absolute atomic E-state index is 0.0877. The lowest BCUT2D eigenvalue weighted by Crippen LogP contribution is -2.25. The number of rotatable bonds is 3. The molecule has 0 unspecified atom stereocenters. The van der Waals surface area contributed by atoms with Gasteiger partial charge < -0.3 is 14.8 Å². The summed E-state index contributed by atoms with van der Waals surface area (Å²) in [5.74, 6) is 2.12. The predicted octanol–water partition coefficient (Wildman–Crippen LogP) is 4.15. The Morgan fingerprint density at radius 2 is 1.73 bits per heavy atom. The number of ether oxygens (including phenoxy) is 2. The summed E-state index contributed by atoms with van der Waals surface area (Å²) in [6.45, 7) is 4.03. The Bertz CT molecular complexity index is 1380. The van der Waals surface area contributed by atoms with Crippen LogP contribution in [0, 0.1) is 13.8 Å². The number of hydrogen-bond donors (Lipinski definition) is 1. The molecule has 1 amide bonds. The molecule has 4 aromatic rings. The van der Waals surface area contributed by atoms with E-state index in [-0.39, 0.29) is 18.6 Å². The van der Waals surface area contributed by atoms with Crippen molar-refractivity contribution in [3.8, 4) is 28.7 Å². The Morgan fingerprint density at radius 3 is 2.52 bits per heavy atom. The molecule has 0 bridgehead atoms. The van der Waals surface area contributed by atoms with E-state index in [2.05, 4.69) is 15.3 Å². The molecule has 0 spiro atoms. The van der Waals surface area contributed by atoms with Gasteiger partial charge in [-0.05, 0) is 37.6 Å². The third kappa shape index (κ3) is 3.31. The summed E-state index contributed by atoms with van der Waals surface area (Å²) in [5.41, 5.74) is 5.31. The van der Waals surface area contributed by atoms with Crippen molar-refractivity contribution in [2.75, 3.05) is 12.1 Å². The smallest absolute Gasteiger partial charge is 0.252 e. The summed E-state index contributed by atoms with van der Waals surface area (Å²) in [6.07, 6.45) is 0.297. The lowest BCUT2D eigenvalue weighted by molar-refractivity contribution is -0.116. The van der Waals surface area contributed by atoms with E-state index in [1.807, 2.05) is 68.4 Å². The Kier molecular flexibility index (Phi) is 4.39. The van der Waals surface area contributed by atoms with Crippen LogP contribution in [0.25, 0.3) is 17.2 Å². The molecule has 4 heterocycles. The summed E-state index contributed by atoms with van der Waals surface area (Å²) in [5, 5.41) is 7.95. The van der Waals surface area contributed by atoms with Crippen molar-refractivity contribution in [3.05, 3.63) is 77.1 Å². The second-order valence-electron chi connectivity index (χ2n) is 8.26. The van der Waals surface area contributed by atoms with Gasteiger partial charge >= 0.3 is 0 Å². The van der Waals surface area contributed by atoms with E-state index < -0.39 is 0 Å². The fourth-order valence-corrected chi connectivity index (χ4v) is 4.52. The van der Waals surface area contributed by atoms with Gasteiger partial charge in [0, 0.05) is 34.9 Å². The number of hydrogen-bond acceptors (Lipinski definition) is 6. The molecule has 0 aliphatic carbocycles. The molecule has 2 aliphatic heterocycles. The Hall–Kier alpha value is -4.20. The minimum atomic E-state index is -0.210. The summed E-state index contributed by atoms with van der Waals surface area (Å²) in [4.78, 5) is 22.0. The van der Waals surface area contributed by atoms with Crippen molar-refractivity contribution in [3.63, 3.8) is 0 Å². The van der Waals surface area contributed by atoms with E-state index >= 15 is 0 Å². The molecule has 1 N–H and O–H groups in total. The molecular formula is C25H21N5O3. The fraction of sp³-hybridized carbons (Fsp3) is 0.200. The van der Waals surface area contributed by atoms with E-state index in [0.29, 0.717) is 29.7 Å². The Balaban J connectivity index is 1.59. The molecule has 2 aromatic heterocycles. The number of carbonyl (C=O) groups excluding carboxylic acids is 1. The second-order valence-corrected chi connectivity index (χ2v) is 8.26. The zero-order valence-electron chi connectivity index (χ0n) is 18.2. The molecule has 2 aromatic carbocycles. The van der Waals surface area contributed by atoms with Crippen LogP contribution in [0.2, 0.25) is 0 Å². The molecule has 0 fully saturated rings. The first kappa shape index (κ1) is 19.5. The highest BCUT2D eigenvalue weighted by atomic mass is 16.7. The van der Waals surface area contributed by atoms with Crippen molar-refractivity contribution in [2.24, 2.45) is 0 Å². The van der Waals surface area contributed by atoms with Gasteiger partial charge in [-0.15, -0.1) is 0 Å². The molecule has 0 radical (unpaired) electrons. The van der Waals surface area contributed by atoms with E-state index in [4.69, 9.17) is 14.6 Å². The quantitative estimate of drug-likeness (QED) is 0.516. The van der Waals surface area contributed by atoms with Crippen molar-refractivity contribution in [2.45, 2.75) is 26.2 Å². The van der Waals surface area contributed by atoms with E-state index in [9.17, 15) is 4.79 Å². The molecule has 1 atom stereocenters. The topological polar surface area (TPSA) is 91.2 Å². The summed E-state index contributed by atoms with van der Waals surface area (Å²) in [6, 6.07) is 17.7. The van der Waals surface area contributed by atoms with Crippen LogP contribution in [0.4, 0.5) is 5.82 Å². The number of aryl methyl sites for hydroxylation is 2. The number of benzene rings is 2. The molecule has 164 valence electrons.